The molecule has 0 amide bonds. The van der Waals surface area contributed by atoms with Gasteiger partial charge in [0, 0.05) is 5.56 Å². The molecule has 2 heteroatoms. The fourth-order valence-corrected chi connectivity index (χ4v) is 1.11. The fraction of sp³-hybridized carbons (Fsp3) is 0.200. The molecule has 0 bridgehead atoms. The van der Waals surface area contributed by atoms with Crippen molar-refractivity contribution in [3.05, 3.63) is 29.3 Å². The van der Waals surface area contributed by atoms with E-state index in [-0.39, 0.29) is 5.75 Å². The van der Waals surface area contributed by atoms with Gasteiger partial charge in [-0.1, -0.05) is 27.8 Å². The topological polar surface area (TPSA) is 20.2 Å². The van der Waals surface area contributed by atoms with Crippen LogP contribution in [0.25, 0.3) is 0 Å². The van der Waals surface area contributed by atoms with Crippen molar-refractivity contribution in [2.75, 3.05) is 5.33 Å². The second kappa shape index (κ2) is 4.18. The molecular formula is C10H9BrO. The van der Waals surface area contributed by atoms with Crippen molar-refractivity contribution in [2.45, 2.75) is 6.92 Å². The standard InChI is InChI=1S/C10H9BrO/c1-8-5-9(3-2-4-11)7-10(12)6-8/h5-7,12H,4H2,1H3. The second-order valence-corrected chi connectivity index (χ2v) is 3.05. The predicted molar refractivity (Wildman–Crippen MR) is 53.5 cm³/mol. The molecule has 0 atom stereocenters. The number of halogens is 1. The SMILES string of the molecule is Cc1cc(O)cc(C#CCBr)c1. The molecule has 0 spiro atoms. The highest BCUT2D eigenvalue weighted by molar-refractivity contribution is 9.09. The first kappa shape index (κ1) is 9.15. The van der Waals surface area contributed by atoms with Gasteiger partial charge in [-0.25, -0.2) is 0 Å². The molecule has 62 valence electrons. The molecule has 1 N–H and O–H groups in total. The van der Waals surface area contributed by atoms with Crippen molar-refractivity contribution >= 4 is 15.9 Å². The van der Waals surface area contributed by atoms with Crippen LogP contribution in [-0.4, -0.2) is 10.4 Å². The van der Waals surface area contributed by atoms with Gasteiger partial charge in [-0.15, -0.1) is 0 Å². The van der Waals surface area contributed by atoms with Crippen LogP contribution in [-0.2, 0) is 0 Å². The molecule has 0 aliphatic rings. The van der Waals surface area contributed by atoms with Gasteiger partial charge in [-0.2, -0.15) is 0 Å². The second-order valence-electron chi connectivity index (χ2n) is 2.49. The first-order chi connectivity index (χ1) is 5.72. The van der Waals surface area contributed by atoms with Gasteiger partial charge in [-0.05, 0) is 30.7 Å². The Bertz CT molecular complexity index is 313. The van der Waals surface area contributed by atoms with Crippen LogP contribution in [0.5, 0.6) is 5.75 Å². The smallest absolute Gasteiger partial charge is 0.117 e. The van der Waals surface area contributed by atoms with Crippen LogP contribution in [0.3, 0.4) is 0 Å². The van der Waals surface area contributed by atoms with Crippen molar-refractivity contribution < 1.29 is 5.11 Å². The van der Waals surface area contributed by atoms with Crippen molar-refractivity contribution in [1.82, 2.24) is 0 Å². The average Bonchev–Trinajstić information content (AvgIpc) is 1.99. The lowest BCUT2D eigenvalue weighted by molar-refractivity contribution is 0.474. The van der Waals surface area contributed by atoms with E-state index in [1.54, 1.807) is 12.1 Å². The van der Waals surface area contributed by atoms with Gasteiger partial charge in [0.25, 0.3) is 0 Å². The van der Waals surface area contributed by atoms with Crippen LogP contribution in [0.2, 0.25) is 0 Å². The summed E-state index contributed by atoms with van der Waals surface area (Å²) in [5.74, 6) is 6.07. The van der Waals surface area contributed by atoms with Gasteiger partial charge in [0.2, 0.25) is 0 Å². The zero-order chi connectivity index (χ0) is 8.97. The highest BCUT2D eigenvalue weighted by atomic mass is 79.9. The summed E-state index contributed by atoms with van der Waals surface area (Å²) >= 11 is 3.21. The van der Waals surface area contributed by atoms with Gasteiger partial charge in [0.05, 0.1) is 5.33 Å². The van der Waals surface area contributed by atoms with Crippen LogP contribution in [0, 0.1) is 18.8 Å². The van der Waals surface area contributed by atoms with E-state index in [1.165, 1.54) is 0 Å². The van der Waals surface area contributed by atoms with Crippen LogP contribution in [0.4, 0.5) is 0 Å². The maximum absolute atomic E-state index is 9.21. The molecule has 0 saturated heterocycles. The largest absolute Gasteiger partial charge is 0.508 e. The molecule has 0 aliphatic carbocycles. The normalized spacial score (nSPS) is 8.83. The molecule has 1 aromatic rings. The third kappa shape index (κ3) is 2.60. The van der Waals surface area contributed by atoms with E-state index in [0.717, 1.165) is 11.1 Å². The lowest BCUT2D eigenvalue weighted by atomic mass is 10.1. The molecule has 0 aromatic heterocycles. The predicted octanol–water partition coefficient (Wildman–Crippen LogP) is 2.45. The van der Waals surface area contributed by atoms with Crippen molar-refractivity contribution in [3.8, 4) is 17.6 Å². The molecule has 0 saturated carbocycles. The zero-order valence-electron chi connectivity index (χ0n) is 6.76. The number of aryl methyl sites for hydroxylation is 1. The Labute approximate surface area is 80.6 Å². The van der Waals surface area contributed by atoms with Gasteiger partial charge in [0.1, 0.15) is 5.75 Å². The van der Waals surface area contributed by atoms with Gasteiger partial charge in [0.15, 0.2) is 0 Å². The lowest BCUT2D eigenvalue weighted by Gasteiger charge is -1.95. The first-order valence-corrected chi connectivity index (χ1v) is 4.70. The minimum absolute atomic E-state index is 0.272. The third-order valence-electron chi connectivity index (χ3n) is 1.36. The van der Waals surface area contributed by atoms with E-state index in [1.807, 2.05) is 13.0 Å². The summed E-state index contributed by atoms with van der Waals surface area (Å²) in [6.07, 6.45) is 0. The van der Waals surface area contributed by atoms with E-state index < -0.39 is 0 Å². The summed E-state index contributed by atoms with van der Waals surface area (Å²) in [5, 5.41) is 9.87. The summed E-state index contributed by atoms with van der Waals surface area (Å²) < 4.78 is 0. The Morgan fingerprint density at radius 2 is 2.17 bits per heavy atom. The quantitative estimate of drug-likeness (QED) is 0.531. The van der Waals surface area contributed by atoms with E-state index >= 15 is 0 Å². The number of aromatic hydroxyl groups is 1. The Balaban J connectivity index is 3.01. The van der Waals surface area contributed by atoms with Crippen molar-refractivity contribution in [2.24, 2.45) is 0 Å². The molecule has 1 nitrogen and oxygen atoms in total. The summed E-state index contributed by atoms with van der Waals surface area (Å²) in [6.45, 7) is 1.93. The zero-order valence-corrected chi connectivity index (χ0v) is 8.35. The van der Waals surface area contributed by atoms with Gasteiger partial charge < -0.3 is 5.11 Å². The summed E-state index contributed by atoms with van der Waals surface area (Å²) in [6, 6.07) is 5.30. The maximum atomic E-state index is 9.21. The molecule has 12 heavy (non-hydrogen) atoms. The number of hydrogen-bond donors (Lipinski definition) is 1. The summed E-state index contributed by atoms with van der Waals surface area (Å²) in [5.41, 5.74) is 1.88. The Morgan fingerprint density at radius 1 is 1.42 bits per heavy atom. The summed E-state index contributed by atoms with van der Waals surface area (Å²) in [7, 11) is 0. The molecule has 0 fully saturated rings. The van der Waals surface area contributed by atoms with E-state index in [4.69, 9.17) is 0 Å². The lowest BCUT2D eigenvalue weighted by Crippen LogP contribution is -1.77. The number of rotatable bonds is 0. The maximum Gasteiger partial charge on any atom is 0.117 e. The highest BCUT2D eigenvalue weighted by Gasteiger charge is 1.92. The monoisotopic (exact) mass is 224 g/mol. The van der Waals surface area contributed by atoms with Gasteiger partial charge in [-0.3, -0.25) is 0 Å². The summed E-state index contributed by atoms with van der Waals surface area (Å²) in [4.78, 5) is 0. The van der Waals surface area contributed by atoms with E-state index in [9.17, 15) is 5.11 Å². The number of phenols is 1. The van der Waals surface area contributed by atoms with Crippen LogP contribution in [0.1, 0.15) is 11.1 Å². The minimum Gasteiger partial charge on any atom is -0.508 e. The molecule has 0 radical (unpaired) electrons. The van der Waals surface area contributed by atoms with Crippen LogP contribution >= 0.6 is 15.9 Å². The molecule has 0 heterocycles. The number of hydrogen-bond acceptors (Lipinski definition) is 1. The van der Waals surface area contributed by atoms with Gasteiger partial charge >= 0.3 is 0 Å². The number of phenolic OH excluding ortho intramolecular Hbond substituents is 1. The Hall–Kier alpha value is -0.940. The first-order valence-electron chi connectivity index (χ1n) is 3.58. The van der Waals surface area contributed by atoms with Crippen molar-refractivity contribution in [3.63, 3.8) is 0 Å². The molecule has 1 aromatic carbocycles. The fourth-order valence-electron chi connectivity index (χ4n) is 0.971. The molecule has 1 rings (SSSR count). The minimum atomic E-state index is 0.272. The van der Waals surface area contributed by atoms with E-state index in [2.05, 4.69) is 27.8 Å². The van der Waals surface area contributed by atoms with Crippen molar-refractivity contribution in [1.29, 1.82) is 0 Å². The van der Waals surface area contributed by atoms with Crippen LogP contribution < -0.4 is 0 Å². The van der Waals surface area contributed by atoms with E-state index in [0.29, 0.717) is 5.33 Å². The molecule has 0 aliphatic heterocycles. The Morgan fingerprint density at radius 3 is 2.75 bits per heavy atom. The third-order valence-corrected chi connectivity index (χ3v) is 1.64. The molecule has 0 unspecified atom stereocenters. The van der Waals surface area contributed by atoms with Crippen LogP contribution in [0.15, 0.2) is 18.2 Å². The highest BCUT2D eigenvalue weighted by Crippen LogP contribution is 2.13. The average molecular weight is 225 g/mol. The number of alkyl halides is 1. The Kier molecular flexibility index (Phi) is 3.19. The number of benzene rings is 1. The molecular weight excluding hydrogens is 216 g/mol.